The van der Waals surface area contributed by atoms with Crippen LogP contribution in [0.25, 0.3) is 0 Å². The SMILES string of the molecule is CCCC(C(N)=S)N1CCN(C(=O)c2scnc2C)CC1. The zero-order valence-corrected chi connectivity index (χ0v) is 14.2. The molecule has 1 amide bonds. The molecule has 0 spiro atoms. The van der Waals surface area contributed by atoms with Crippen LogP contribution >= 0.6 is 23.6 Å². The van der Waals surface area contributed by atoms with E-state index in [1.165, 1.54) is 11.3 Å². The number of aryl methyl sites for hydroxylation is 1. The van der Waals surface area contributed by atoms with E-state index >= 15 is 0 Å². The number of piperazine rings is 1. The summed E-state index contributed by atoms with van der Waals surface area (Å²) >= 11 is 6.59. The molecule has 2 rings (SSSR count). The summed E-state index contributed by atoms with van der Waals surface area (Å²) in [7, 11) is 0. The second-order valence-electron chi connectivity index (χ2n) is 5.30. The Morgan fingerprint density at radius 2 is 2.14 bits per heavy atom. The lowest BCUT2D eigenvalue weighted by molar-refractivity contribution is 0.0612. The molecule has 1 aliphatic heterocycles. The second-order valence-corrected chi connectivity index (χ2v) is 6.63. The van der Waals surface area contributed by atoms with Gasteiger partial charge in [-0.05, 0) is 13.3 Å². The van der Waals surface area contributed by atoms with Gasteiger partial charge < -0.3 is 10.6 Å². The molecule has 1 aliphatic rings. The van der Waals surface area contributed by atoms with Crippen LogP contribution in [0.1, 0.15) is 35.1 Å². The molecule has 0 radical (unpaired) electrons. The van der Waals surface area contributed by atoms with Crippen molar-refractivity contribution in [3.05, 3.63) is 16.1 Å². The third kappa shape index (κ3) is 3.78. The smallest absolute Gasteiger partial charge is 0.265 e. The van der Waals surface area contributed by atoms with E-state index in [1.54, 1.807) is 5.51 Å². The zero-order chi connectivity index (χ0) is 15.4. The number of hydrogen-bond donors (Lipinski definition) is 1. The van der Waals surface area contributed by atoms with Gasteiger partial charge >= 0.3 is 0 Å². The minimum absolute atomic E-state index is 0.0945. The summed E-state index contributed by atoms with van der Waals surface area (Å²) in [4.78, 5) is 22.1. The van der Waals surface area contributed by atoms with Gasteiger partial charge in [0.1, 0.15) is 4.88 Å². The van der Waals surface area contributed by atoms with Crippen molar-refractivity contribution in [2.45, 2.75) is 32.7 Å². The molecular formula is C14H22N4OS2. The van der Waals surface area contributed by atoms with Gasteiger partial charge in [-0.3, -0.25) is 9.69 Å². The van der Waals surface area contributed by atoms with Crippen molar-refractivity contribution in [1.82, 2.24) is 14.8 Å². The predicted octanol–water partition coefficient (Wildman–Crippen LogP) is 1.66. The maximum atomic E-state index is 12.4. The van der Waals surface area contributed by atoms with E-state index in [-0.39, 0.29) is 11.9 Å². The minimum atomic E-state index is 0.0945. The lowest BCUT2D eigenvalue weighted by atomic mass is 10.1. The van der Waals surface area contributed by atoms with E-state index in [1.807, 2.05) is 11.8 Å². The molecule has 1 fully saturated rings. The highest BCUT2D eigenvalue weighted by atomic mass is 32.1. The van der Waals surface area contributed by atoms with Gasteiger partial charge in [0.25, 0.3) is 5.91 Å². The van der Waals surface area contributed by atoms with Crippen molar-refractivity contribution in [2.24, 2.45) is 5.73 Å². The van der Waals surface area contributed by atoms with Crippen LogP contribution in [0.4, 0.5) is 0 Å². The molecule has 1 unspecified atom stereocenters. The fourth-order valence-electron chi connectivity index (χ4n) is 2.67. The maximum Gasteiger partial charge on any atom is 0.265 e. The van der Waals surface area contributed by atoms with Crippen LogP contribution in [0.2, 0.25) is 0 Å². The minimum Gasteiger partial charge on any atom is -0.392 e. The van der Waals surface area contributed by atoms with Crippen molar-refractivity contribution in [1.29, 1.82) is 0 Å². The van der Waals surface area contributed by atoms with Crippen LogP contribution in [-0.4, -0.2) is 57.9 Å². The average Bonchev–Trinajstić information content (AvgIpc) is 2.90. The first-order valence-corrected chi connectivity index (χ1v) is 8.56. The standard InChI is InChI=1S/C14H22N4OS2/c1-3-4-11(13(15)20)17-5-7-18(8-6-17)14(19)12-10(2)16-9-21-12/h9,11H,3-8H2,1-2H3,(H2,15,20). The Kier molecular flexibility index (Phi) is 5.66. The molecule has 1 aromatic rings. The van der Waals surface area contributed by atoms with Crippen LogP contribution in [-0.2, 0) is 0 Å². The summed E-state index contributed by atoms with van der Waals surface area (Å²) in [5.74, 6) is 0.0945. The Hall–Kier alpha value is -1.05. The molecule has 0 bridgehead atoms. The van der Waals surface area contributed by atoms with Crippen LogP contribution in [0.5, 0.6) is 0 Å². The quantitative estimate of drug-likeness (QED) is 0.834. The largest absolute Gasteiger partial charge is 0.392 e. The number of carbonyl (C=O) groups is 1. The molecule has 116 valence electrons. The Balaban J connectivity index is 1.95. The molecule has 2 N–H and O–H groups in total. The molecule has 1 saturated heterocycles. The van der Waals surface area contributed by atoms with Crippen molar-refractivity contribution in [3.63, 3.8) is 0 Å². The highest BCUT2D eigenvalue weighted by Crippen LogP contribution is 2.18. The van der Waals surface area contributed by atoms with Crippen LogP contribution < -0.4 is 5.73 Å². The monoisotopic (exact) mass is 326 g/mol. The lowest BCUT2D eigenvalue weighted by Gasteiger charge is -2.38. The van der Waals surface area contributed by atoms with Crippen LogP contribution in [0.15, 0.2) is 5.51 Å². The van der Waals surface area contributed by atoms with E-state index in [2.05, 4.69) is 16.8 Å². The van der Waals surface area contributed by atoms with Gasteiger partial charge in [0.15, 0.2) is 0 Å². The molecule has 7 heteroatoms. The van der Waals surface area contributed by atoms with Gasteiger partial charge in [-0.1, -0.05) is 25.6 Å². The van der Waals surface area contributed by atoms with Gasteiger partial charge in [0.05, 0.1) is 22.2 Å². The van der Waals surface area contributed by atoms with Crippen molar-refractivity contribution >= 4 is 34.5 Å². The number of thiocarbonyl (C=S) groups is 1. The summed E-state index contributed by atoms with van der Waals surface area (Å²) in [5.41, 5.74) is 8.39. The maximum absolute atomic E-state index is 12.4. The van der Waals surface area contributed by atoms with Crippen molar-refractivity contribution in [2.75, 3.05) is 26.2 Å². The van der Waals surface area contributed by atoms with E-state index in [0.717, 1.165) is 49.6 Å². The van der Waals surface area contributed by atoms with E-state index in [4.69, 9.17) is 18.0 Å². The normalized spacial score (nSPS) is 17.7. The van der Waals surface area contributed by atoms with Gasteiger partial charge in [-0.15, -0.1) is 11.3 Å². The highest BCUT2D eigenvalue weighted by Gasteiger charge is 2.28. The molecule has 0 aromatic carbocycles. The number of carbonyl (C=O) groups excluding carboxylic acids is 1. The number of hydrogen-bond acceptors (Lipinski definition) is 5. The highest BCUT2D eigenvalue weighted by molar-refractivity contribution is 7.80. The van der Waals surface area contributed by atoms with E-state index in [0.29, 0.717) is 4.99 Å². The zero-order valence-electron chi connectivity index (χ0n) is 12.5. The first-order valence-electron chi connectivity index (χ1n) is 7.27. The summed E-state index contributed by atoms with van der Waals surface area (Å²) in [6.07, 6.45) is 2.04. The number of rotatable bonds is 5. The molecule has 2 heterocycles. The summed E-state index contributed by atoms with van der Waals surface area (Å²) < 4.78 is 0. The molecule has 0 saturated carbocycles. The number of nitrogens with two attached hydrogens (primary N) is 1. The fourth-order valence-corrected chi connectivity index (χ4v) is 3.70. The third-order valence-electron chi connectivity index (χ3n) is 3.87. The molecular weight excluding hydrogens is 304 g/mol. The lowest BCUT2D eigenvalue weighted by Crippen LogP contribution is -2.54. The molecule has 0 aliphatic carbocycles. The molecule has 21 heavy (non-hydrogen) atoms. The van der Waals surface area contributed by atoms with Gasteiger partial charge in [0.2, 0.25) is 0 Å². The van der Waals surface area contributed by atoms with Gasteiger partial charge in [0, 0.05) is 26.2 Å². The Bertz CT molecular complexity index is 509. The summed E-state index contributed by atoms with van der Waals surface area (Å²) in [6, 6.07) is 0.160. The number of amides is 1. The fraction of sp³-hybridized carbons (Fsp3) is 0.643. The first kappa shape index (κ1) is 16.3. The second kappa shape index (κ2) is 7.29. The Labute approximate surface area is 135 Å². The van der Waals surface area contributed by atoms with Gasteiger partial charge in [-0.2, -0.15) is 0 Å². The van der Waals surface area contributed by atoms with Gasteiger partial charge in [-0.25, -0.2) is 4.98 Å². The molecule has 1 aromatic heterocycles. The van der Waals surface area contributed by atoms with Crippen molar-refractivity contribution < 1.29 is 4.79 Å². The first-order chi connectivity index (χ1) is 10.0. The van der Waals surface area contributed by atoms with Crippen LogP contribution in [0.3, 0.4) is 0 Å². The Morgan fingerprint density at radius 3 is 2.62 bits per heavy atom. The molecule has 1 atom stereocenters. The topological polar surface area (TPSA) is 62.5 Å². The predicted molar refractivity (Wildman–Crippen MR) is 89.8 cm³/mol. The number of aromatic nitrogens is 1. The van der Waals surface area contributed by atoms with E-state index in [9.17, 15) is 4.79 Å². The summed E-state index contributed by atoms with van der Waals surface area (Å²) in [5, 5.41) is 0. The number of nitrogens with zero attached hydrogens (tertiary/aromatic N) is 3. The summed E-state index contributed by atoms with van der Waals surface area (Å²) in [6.45, 7) is 7.11. The van der Waals surface area contributed by atoms with Crippen LogP contribution in [0, 0.1) is 6.92 Å². The number of thiazole rings is 1. The average molecular weight is 326 g/mol. The Morgan fingerprint density at radius 1 is 1.48 bits per heavy atom. The van der Waals surface area contributed by atoms with Crippen molar-refractivity contribution in [3.8, 4) is 0 Å². The third-order valence-corrected chi connectivity index (χ3v) is 5.06. The molecule has 5 nitrogen and oxygen atoms in total. The van der Waals surface area contributed by atoms with E-state index < -0.39 is 0 Å².